The van der Waals surface area contributed by atoms with Gasteiger partial charge in [-0.1, -0.05) is 23.7 Å². The zero-order chi connectivity index (χ0) is 30.3. The van der Waals surface area contributed by atoms with E-state index >= 15 is 0 Å². The Balaban J connectivity index is 1.09. The number of piperazine rings is 1. The maximum absolute atomic E-state index is 14.5. The molecule has 0 saturated carbocycles. The Labute approximate surface area is 259 Å². The van der Waals surface area contributed by atoms with Gasteiger partial charge in [0.15, 0.2) is 0 Å². The molecule has 2 aliphatic heterocycles. The zero-order valence-electron chi connectivity index (χ0n) is 25.3. The molecule has 0 bridgehead atoms. The van der Waals surface area contributed by atoms with Gasteiger partial charge in [-0.3, -0.25) is 14.7 Å². The third-order valence-electron chi connectivity index (χ3n) is 8.96. The molecule has 2 aromatic carbocycles. The third kappa shape index (κ3) is 7.73. The predicted octanol–water partition coefficient (Wildman–Crippen LogP) is 5.17. The molecular weight excluding hydrogens is 565 g/mol. The summed E-state index contributed by atoms with van der Waals surface area (Å²) in [5.41, 5.74) is 11.9. The number of nitrogens with two attached hydrogens (primary N) is 1. The monoisotopic (exact) mass is 607 g/mol. The quantitative estimate of drug-likeness (QED) is 0.343. The first-order valence-corrected chi connectivity index (χ1v) is 15.8. The summed E-state index contributed by atoms with van der Waals surface area (Å²) in [4.78, 5) is 24.2. The number of amides is 1. The summed E-state index contributed by atoms with van der Waals surface area (Å²) < 4.78 is 20.2. The number of nitrogens with zero attached hydrogens (tertiary/aromatic N) is 4. The first kappa shape index (κ1) is 31.4. The number of pyridine rings is 1. The molecule has 43 heavy (non-hydrogen) atoms. The molecule has 230 valence electrons. The fourth-order valence-corrected chi connectivity index (χ4v) is 6.53. The molecule has 2 fully saturated rings. The van der Waals surface area contributed by atoms with Crippen LogP contribution in [-0.4, -0.2) is 84.1 Å². The Morgan fingerprint density at radius 1 is 1.07 bits per heavy atom. The van der Waals surface area contributed by atoms with Gasteiger partial charge in [-0.05, 0) is 99.1 Å². The van der Waals surface area contributed by atoms with Gasteiger partial charge in [-0.25, -0.2) is 4.39 Å². The largest absolute Gasteiger partial charge is 0.493 e. The van der Waals surface area contributed by atoms with Crippen molar-refractivity contribution in [1.82, 2.24) is 19.7 Å². The molecule has 3 aromatic rings. The first-order valence-electron chi connectivity index (χ1n) is 15.4. The Morgan fingerprint density at radius 2 is 1.84 bits per heavy atom. The fraction of sp³-hybridized carbons (Fsp3) is 0.471. The second-order valence-corrected chi connectivity index (χ2v) is 12.1. The summed E-state index contributed by atoms with van der Waals surface area (Å²) in [7, 11) is 0. The smallest absolute Gasteiger partial charge is 0.239 e. The number of piperidine rings is 1. The fourth-order valence-electron chi connectivity index (χ4n) is 6.34. The third-order valence-corrected chi connectivity index (χ3v) is 9.20. The Bertz CT molecular complexity index is 1390. The van der Waals surface area contributed by atoms with E-state index in [1.165, 1.54) is 22.8 Å². The van der Waals surface area contributed by atoms with Crippen LogP contribution >= 0.6 is 11.6 Å². The lowest BCUT2D eigenvalue weighted by Crippen LogP contribution is -2.55. The van der Waals surface area contributed by atoms with E-state index in [9.17, 15) is 9.18 Å². The number of carbonyl (C=O) groups excluding carboxylic acids is 1. The second kappa shape index (κ2) is 14.6. The van der Waals surface area contributed by atoms with Crippen LogP contribution in [0, 0.1) is 18.7 Å². The molecule has 1 amide bonds. The lowest BCUT2D eigenvalue weighted by Gasteiger charge is -2.39. The van der Waals surface area contributed by atoms with Gasteiger partial charge in [0.1, 0.15) is 11.6 Å². The molecule has 0 radical (unpaired) electrons. The molecule has 0 unspecified atom stereocenters. The predicted molar refractivity (Wildman–Crippen MR) is 170 cm³/mol. The summed E-state index contributed by atoms with van der Waals surface area (Å²) in [6.07, 6.45) is 6.45. The number of benzene rings is 2. The highest BCUT2D eigenvalue weighted by atomic mass is 35.5. The summed E-state index contributed by atoms with van der Waals surface area (Å²) in [5, 5.41) is 0.742. The number of hydrogen-bond acceptors (Lipinski definition) is 6. The molecule has 2 N–H and O–H groups in total. The molecule has 1 atom stereocenters. The number of rotatable bonds is 10. The van der Waals surface area contributed by atoms with E-state index in [4.69, 9.17) is 22.1 Å². The van der Waals surface area contributed by atoms with Crippen molar-refractivity contribution in [3.05, 3.63) is 82.4 Å². The number of aromatic nitrogens is 1. The zero-order valence-corrected chi connectivity index (χ0v) is 26.0. The van der Waals surface area contributed by atoms with Crippen molar-refractivity contribution >= 4 is 17.5 Å². The van der Waals surface area contributed by atoms with E-state index in [0.717, 1.165) is 49.5 Å². The van der Waals surface area contributed by atoms with Crippen LogP contribution in [0.5, 0.6) is 5.75 Å². The van der Waals surface area contributed by atoms with Gasteiger partial charge < -0.3 is 20.3 Å². The van der Waals surface area contributed by atoms with Crippen LogP contribution in [0.1, 0.15) is 36.5 Å². The van der Waals surface area contributed by atoms with Gasteiger partial charge in [0, 0.05) is 67.8 Å². The second-order valence-electron chi connectivity index (χ2n) is 11.7. The van der Waals surface area contributed by atoms with Gasteiger partial charge in [-0.2, -0.15) is 0 Å². The first-order chi connectivity index (χ1) is 20.8. The van der Waals surface area contributed by atoms with Crippen LogP contribution in [0.25, 0.3) is 11.1 Å². The van der Waals surface area contributed by atoms with Crippen molar-refractivity contribution in [2.24, 2.45) is 11.7 Å². The molecule has 0 spiro atoms. The van der Waals surface area contributed by atoms with Gasteiger partial charge >= 0.3 is 0 Å². The van der Waals surface area contributed by atoms with Crippen LogP contribution in [0.3, 0.4) is 0 Å². The molecule has 1 aromatic heterocycles. The van der Waals surface area contributed by atoms with Crippen LogP contribution in [0.15, 0.2) is 54.9 Å². The van der Waals surface area contributed by atoms with Crippen LogP contribution < -0.4 is 10.5 Å². The molecular formula is C34H43ClFN5O2. The Morgan fingerprint density at radius 3 is 2.56 bits per heavy atom. The van der Waals surface area contributed by atoms with Crippen molar-refractivity contribution in [1.29, 1.82) is 0 Å². The lowest BCUT2D eigenvalue weighted by molar-refractivity contribution is -0.136. The van der Waals surface area contributed by atoms with E-state index in [0.29, 0.717) is 50.6 Å². The molecule has 5 rings (SSSR count). The minimum Gasteiger partial charge on any atom is -0.493 e. The van der Waals surface area contributed by atoms with E-state index in [1.807, 2.05) is 42.4 Å². The molecule has 7 nitrogen and oxygen atoms in total. The van der Waals surface area contributed by atoms with Gasteiger partial charge in [-0.15, -0.1) is 0 Å². The summed E-state index contributed by atoms with van der Waals surface area (Å²) in [5.74, 6) is 0.545. The van der Waals surface area contributed by atoms with Crippen LogP contribution in [0.4, 0.5) is 4.39 Å². The normalized spacial score (nSPS) is 17.7. The highest BCUT2D eigenvalue weighted by Crippen LogP contribution is 2.30. The number of hydrogen-bond donors (Lipinski definition) is 1. The minimum atomic E-state index is -0.488. The maximum atomic E-state index is 14.5. The highest BCUT2D eigenvalue weighted by molar-refractivity contribution is 6.30. The van der Waals surface area contributed by atoms with E-state index in [2.05, 4.69) is 33.8 Å². The number of ether oxygens (including phenoxy) is 1. The number of aryl methyl sites for hydroxylation is 1. The Kier molecular flexibility index (Phi) is 10.7. The average molecular weight is 608 g/mol. The number of halogens is 2. The van der Waals surface area contributed by atoms with Crippen LogP contribution in [-0.2, 0) is 17.8 Å². The standard InChI is InChI=1S/C34H43ClFN5O2/c1-3-43-32-6-4-5-31(36)30(32)23-40-17-19-41(20-18-40)34(42)33(37)25-10-14-39(15-11-25)16-12-26-21-27(35)7-8-28(26)29-22-38-13-9-24(29)2/h4-9,13,21-22,25,33H,3,10-12,14-20,23,37H2,1-2H3/t33-/m1/s1. The van der Waals surface area contributed by atoms with Crippen molar-refractivity contribution in [3.8, 4) is 16.9 Å². The average Bonchev–Trinajstić information content (AvgIpc) is 3.02. The molecule has 0 aliphatic carbocycles. The van der Waals surface area contributed by atoms with Gasteiger partial charge in [0.2, 0.25) is 5.91 Å². The van der Waals surface area contributed by atoms with E-state index < -0.39 is 6.04 Å². The number of likely N-dealkylation sites (tertiary alicyclic amines) is 1. The van der Waals surface area contributed by atoms with E-state index in [1.54, 1.807) is 6.07 Å². The molecule has 2 aliphatic rings. The summed E-state index contributed by atoms with van der Waals surface area (Å²) in [6, 6.07) is 12.6. The van der Waals surface area contributed by atoms with Crippen molar-refractivity contribution in [2.45, 2.75) is 45.7 Å². The number of carbonyl (C=O) groups is 1. The SMILES string of the molecule is CCOc1cccc(F)c1CN1CCN(C(=O)[C@H](N)C2CCN(CCc3cc(Cl)ccc3-c3cnccc3C)CC2)CC1. The minimum absolute atomic E-state index is 0.0365. The molecule has 3 heterocycles. The topological polar surface area (TPSA) is 74.9 Å². The van der Waals surface area contributed by atoms with Crippen molar-refractivity contribution in [2.75, 3.05) is 52.4 Å². The van der Waals surface area contributed by atoms with Gasteiger partial charge in [0.25, 0.3) is 0 Å². The summed E-state index contributed by atoms with van der Waals surface area (Å²) in [6.45, 7) is 10.3. The van der Waals surface area contributed by atoms with Crippen LogP contribution in [0.2, 0.25) is 5.02 Å². The molecule has 2 saturated heterocycles. The van der Waals surface area contributed by atoms with E-state index in [-0.39, 0.29) is 17.6 Å². The maximum Gasteiger partial charge on any atom is 0.239 e. The van der Waals surface area contributed by atoms with Crippen molar-refractivity contribution in [3.63, 3.8) is 0 Å². The van der Waals surface area contributed by atoms with Gasteiger partial charge in [0.05, 0.1) is 12.6 Å². The molecule has 9 heteroatoms. The highest BCUT2D eigenvalue weighted by Gasteiger charge is 2.33. The Hall–Kier alpha value is -3.04. The lowest BCUT2D eigenvalue weighted by atomic mass is 9.88. The summed E-state index contributed by atoms with van der Waals surface area (Å²) >= 11 is 6.38. The van der Waals surface area contributed by atoms with Crippen molar-refractivity contribution < 1.29 is 13.9 Å².